The standard InChI is InChI=1S/C24H35N5O2/c1-25-24(26-11-13-28(2)17-19-8-6-5-7-9-19)27-20-10-12-29(18-20)21-14-22(30-3)16-23(15-21)31-4/h5-9,14-16,20H,10-13,17-18H2,1-4H3,(H2,25,26,27). The normalized spacial score (nSPS) is 16.5. The quantitative estimate of drug-likeness (QED) is 0.476. The van der Waals surface area contributed by atoms with Crippen molar-refractivity contribution in [1.29, 1.82) is 0 Å². The minimum atomic E-state index is 0.338. The van der Waals surface area contributed by atoms with Crippen molar-refractivity contribution in [2.24, 2.45) is 4.99 Å². The molecule has 1 unspecified atom stereocenters. The molecule has 2 aromatic carbocycles. The highest BCUT2D eigenvalue weighted by atomic mass is 16.5. The van der Waals surface area contributed by atoms with Crippen molar-refractivity contribution in [2.75, 3.05) is 59.4 Å². The molecule has 0 radical (unpaired) electrons. The number of anilines is 1. The number of rotatable bonds is 9. The molecular weight excluding hydrogens is 390 g/mol. The lowest BCUT2D eigenvalue weighted by Crippen LogP contribution is -2.46. The van der Waals surface area contributed by atoms with Crippen LogP contribution in [0, 0.1) is 0 Å². The summed E-state index contributed by atoms with van der Waals surface area (Å²) >= 11 is 0. The molecule has 31 heavy (non-hydrogen) atoms. The molecule has 0 aliphatic carbocycles. The fourth-order valence-corrected chi connectivity index (χ4v) is 3.81. The molecule has 0 spiro atoms. The molecule has 168 valence electrons. The van der Waals surface area contributed by atoms with Gasteiger partial charge in [-0.05, 0) is 19.0 Å². The maximum atomic E-state index is 5.41. The Labute approximate surface area is 186 Å². The minimum Gasteiger partial charge on any atom is -0.497 e. The molecule has 2 aromatic rings. The molecule has 2 N–H and O–H groups in total. The Hall–Kier alpha value is -2.93. The maximum absolute atomic E-state index is 5.41. The first-order chi connectivity index (χ1) is 15.1. The number of benzene rings is 2. The highest BCUT2D eigenvalue weighted by Crippen LogP contribution is 2.30. The SMILES string of the molecule is CN=C(NCCN(C)Cc1ccccc1)NC1CCN(c2cc(OC)cc(OC)c2)C1. The molecule has 0 aromatic heterocycles. The van der Waals surface area contributed by atoms with E-state index in [0.717, 1.165) is 62.3 Å². The van der Waals surface area contributed by atoms with Crippen LogP contribution in [0.1, 0.15) is 12.0 Å². The average Bonchev–Trinajstić information content (AvgIpc) is 3.27. The Morgan fingerprint density at radius 1 is 1.13 bits per heavy atom. The zero-order valence-corrected chi connectivity index (χ0v) is 19.1. The molecule has 1 saturated heterocycles. The molecular formula is C24H35N5O2. The van der Waals surface area contributed by atoms with Crippen molar-refractivity contribution >= 4 is 11.6 Å². The van der Waals surface area contributed by atoms with Gasteiger partial charge in [-0.3, -0.25) is 4.99 Å². The second kappa shape index (κ2) is 11.5. The molecule has 1 fully saturated rings. The van der Waals surface area contributed by atoms with Gasteiger partial charge in [-0.1, -0.05) is 30.3 Å². The largest absolute Gasteiger partial charge is 0.497 e. The molecule has 1 atom stereocenters. The van der Waals surface area contributed by atoms with E-state index in [4.69, 9.17) is 9.47 Å². The zero-order chi connectivity index (χ0) is 22.1. The van der Waals surface area contributed by atoms with Crippen LogP contribution in [0.5, 0.6) is 11.5 Å². The van der Waals surface area contributed by atoms with E-state index >= 15 is 0 Å². The first kappa shape index (κ1) is 22.7. The van der Waals surface area contributed by atoms with Crippen molar-refractivity contribution in [2.45, 2.75) is 19.0 Å². The van der Waals surface area contributed by atoms with Gasteiger partial charge in [0.25, 0.3) is 0 Å². The fraction of sp³-hybridized carbons (Fsp3) is 0.458. The van der Waals surface area contributed by atoms with Crippen LogP contribution in [0.3, 0.4) is 0 Å². The summed E-state index contributed by atoms with van der Waals surface area (Å²) in [6.45, 7) is 4.61. The van der Waals surface area contributed by atoms with E-state index in [-0.39, 0.29) is 0 Å². The lowest BCUT2D eigenvalue weighted by molar-refractivity contribution is 0.331. The Kier molecular flexibility index (Phi) is 8.41. The van der Waals surface area contributed by atoms with Crippen LogP contribution in [0.25, 0.3) is 0 Å². The van der Waals surface area contributed by atoms with Crippen LogP contribution >= 0.6 is 0 Å². The van der Waals surface area contributed by atoms with E-state index in [2.05, 4.69) is 74.9 Å². The first-order valence-electron chi connectivity index (χ1n) is 10.8. The summed E-state index contributed by atoms with van der Waals surface area (Å²) in [6.07, 6.45) is 1.05. The Bertz CT molecular complexity index is 821. The predicted octanol–water partition coefficient (Wildman–Crippen LogP) is 2.58. The summed E-state index contributed by atoms with van der Waals surface area (Å²) in [7, 11) is 7.32. The van der Waals surface area contributed by atoms with Gasteiger partial charge < -0.3 is 29.9 Å². The van der Waals surface area contributed by atoms with E-state index in [9.17, 15) is 0 Å². The zero-order valence-electron chi connectivity index (χ0n) is 19.1. The third-order valence-corrected chi connectivity index (χ3v) is 5.54. The summed E-state index contributed by atoms with van der Waals surface area (Å²) in [5.41, 5.74) is 2.44. The molecule has 0 bridgehead atoms. The average molecular weight is 426 g/mol. The number of methoxy groups -OCH3 is 2. The number of nitrogens with one attached hydrogen (secondary N) is 2. The highest BCUT2D eigenvalue weighted by molar-refractivity contribution is 5.80. The van der Waals surface area contributed by atoms with E-state index in [1.54, 1.807) is 14.2 Å². The summed E-state index contributed by atoms with van der Waals surface area (Å²) < 4.78 is 10.8. The number of ether oxygens (including phenoxy) is 2. The second-order valence-corrected chi connectivity index (χ2v) is 7.87. The second-order valence-electron chi connectivity index (χ2n) is 7.87. The van der Waals surface area contributed by atoms with Gasteiger partial charge in [-0.2, -0.15) is 0 Å². The number of aliphatic imine (C=N–C) groups is 1. The summed E-state index contributed by atoms with van der Waals surface area (Å²) in [5.74, 6) is 2.47. The molecule has 7 heteroatoms. The van der Waals surface area contributed by atoms with Crippen molar-refractivity contribution in [3.8, 4) is 11.5 Å². The summed E-state index contributed by atoms with van der Waals surface area (Å²) in [4.78, 5) is 9.06. The molecule has 1 aliphatic rings. The van der Waals surface area contributed by atoms with Gasteiger partial charge in [0.15, 0.2) is 5.96 Å². The minimum absolute atomic E-state index is 0.338. The van der Waals surface area contributed by atoms with Crippen molar-refractivity contribution in [1.82, 2.24) is 15.5 Å². The number of hydrogen-bond acceptors (Lipinski definition) is 5. The van der Waals surface area contributed by atoms with Crippen molar-refractivity contribution in [3.63, 3.8) is 0 Å². The van der Waals surface area contributed by atoms with Gasteiger partial charge >= 0.3 is 0 Å². The van der Waals surface area contributed by atoms with Crippen LogP contribution in [0.4, 0.5) is 5.69 Å². The van der Waals surface area contributed by atoms with Crippen molar-refractivity contribution in [3.05, 3.63) is 54.1 Å². The Balaban J connectivity index is 1.45. The van der Waals surface area contributed by atoms with Gasteiger partial charge in [-0.15, -0.1) is 0 Å². The topological polar surface area (TPSA) is 61.4 Å². The third kappa shape index (κ3) is 6.79. The fourth-order valence-electron chi connectivity index (χ4n) is 3.81. The predicted molar refractivity (Wildman–Crippen MR) is 127 cm³/mol. The third-order valence-electron chi connectivity index (χ3n) is 5.54. The van der Waals surface area contributed by atoms with E-state index in [1.807, 2.05) is 13.1 Å². The van der Waals surface area contributed by atoms with Gasteiger partial charge in [0, 0.05) is 69.7 Å². The number of likely N-dealkylation sites (N-methyl/N-ethyl adjacent to an activating group) is 1. The lowest BCUT2D eigenvalue weighted by atomic mass is 10.2. The molecule has 0 amide bonds. The summed E-state index contributed by atoms with van der Waals surface area (Å²) in [5, 5.41) is 7.00. The highest BCUT2D eigenvalue weighted by Gasteiger charge is 2.24. The van der Waals surface area contributed by atoms with Crippen LogP contribution in [0.15, 0.2) is 53.5 Å². The van der Waals surface area contributed by atoms with E-state index in [1.165, 1.54) is 5.56 Å². The van der Waals surface area contributed by atoms with Gasteiger partial charge in [0.1, 0.15) is 11.5 Å². The molecule has 3 rings (SSSR count). The van der Waals surface area contributed by atoms with E-state index in [0.29, 0.717) is 6.04 Å². The number of hydrogen-bond donors (Lipinski definition) is 2. The van der Waals surface area contributed by atoms with Gasteiger partial charge in [0.05, 0.1) is 14.2 Å². The van der Waals surface area contributed by atoms with Gasteiger partial charge in [-0.25, -0.2) is 0 Å². The Morgan fingerprint density at radius 3 is 2.48 bits per heavy atom. The van der Waals surface area contributed by atoms with Crippen LogP contribution in [-0.4, -0.2) is 71.4 Å². The molecule has 1 heterocycles. The molecule has 1 aliphatic heterocycles. The summed E-state index contributed by atoms with van der Waals surface area (Å²) in [6, 6.07) is 16.9. The number of nitrogens with zero attached hydrogens (tertiary/aromatic N) is 3. The Morgan fingerprint density at radius 2 is 1.84 bits per heavy atom. The van der Waals surface area contributed by atoms with E-state index < -0.39 is 0 Å². The van der Waals surface area contributed by atoms with Gasteiger partial charge in [0.2, 0.25) is 0 Å². The first-order valence-corrected chi connectivity index (χ1v) is 10.8. The monoisotopic (exact) mass is 425 g/mol. The molecule has 7 nitrogen and oxygen atoms in total. The smallest absolute Gasteiger partial charge is 0.191 e. The van der Waals surface area contributed by atoms with Crippen LogP contribution in [0.2, 0.25) is 0 Å². The lowest BCUT2D eigenvalue weighted by Gasteiger charge is -2.22. The van der Waals surface area contributed by atoms with Crippen LogP contribution < -0.4 is 25.0 Å². The maximum Gasteiger partial charge on any atom is 0.191 e. The van der Waals surface area contributed by atoms with Crippen molar-refractivity contribution < 1.29 is 9.47 Å². The number of guanidine groups is 1. The van der Waals surface area contributed by atoms with Crippen LogP contribution in [-0.2, 0) is 6.54 Å². The molecule has 0 saturated carbocycles.